The highest BCUT2D eigenvalue weighted by atomic mass is 16.5. The molecule has 1 aromatic rings. The predicted octanol–water partition coefficient (Wildman–Crippen LogP) is 2.30. The van der Waals surface area contributed by atoms with Crippen LogP contribution in [0.4, 0.5) is 0 Å². The van der Waals surface area contributed by atoms with Gasteiger partial charge >= 0.3 is 0 Å². The number of hydrogen-bond donors (Lipinski definition) is 1. The molecule has 0 aliphatic heterocycles. The second-order valence-electron chi connectivity index (χ2n) is 4.48. The molecule has 0 saturated carbocycles. The summed E-state index contributed by atoms with van der Waals surface area (Å²) < 4.78 is 11.2. The van der Waals surface area contributed by atoms with Gasteiger partial charge in [-0.3, -0.25) is 4.98 Å². The van der Waals surface area contributed by atoms with Crippen molar-refractivity contribution in [3.63, 3.8) is 0 Å². The Morgan fingerprint density at radius 1 is 1.33 bits per heavy atom. The average Bonchev–Trinajstić information content (AvgIpc) is 2.33. The van der Waals surface area contributed by atoms with Gasteiger partial charge in [-0.15, -0.1) is 0 Å². The molecule has 1 aromatic heterocycles. The number of aryl methyl sites for hydroxylation is 1. The van der Waals surface area contributed by atoms with Gasteiger partial charge in [0.2, 0.25) is 0 Å². The van der Waals surface area contributed by atoms with E-state index < -0.39 is 0 Å². The summed E-state index contributed by atoms with van der Waals surface area (Å²) in [6.07, 6.45) is 2.12. The van der Waals surface area contributed by atoms with Gasteiger partial charge in [-0.05, 0) is 27.3 Å². The van der Waals surface area contributed by atoms with Gasteiger partial charge in [-0.2, -0.15) is 0 Å². The Balaban J connectivity index is 2.52. The van der Waals surface area contributed by atoms with E-state index in [4.69, 9.17) is 9.47 Å². The van der Waals surface area contributed by atoms with Crippen LogP contribution in [0.2, 0.25) is 0 Å². The Morgan fingerprint density at radius 2 is 2.11 bits per heavy atom. The molecule has 18 heavy (non-hydrogen) atoms. The minimum Gasteiger partial charge on any atom is -0.491 e. The quantitative estimate of drug-likeness (QED) is 0.721. The highest BCUT2D eigenvalue weighted by Crippen LogP contribution is 2.18. The second-order valence-corrected chi connectivity index (χ2v) is 4.48. The largest absolute Gasteiger partial charge is 0.491 e. The van der Waals surface area contributed by atoms with Crippen LogP contribution < -0.4 is 10.1 Å². The lowest BCUT2D eigenvalue weighted by atomic mass is 10.2. The number of aromatic nitrogens is 1. The number of ether oxygens (including phenoxy) is 2. The van der Waals surface area contributed by atoms with Crippen molar-refractivity contribution in [2.75, 3.05) is 19.8 Å². The van der Waals surface area contributed by atoms with Gasteiger partial charge in [-0.1, -0.05) is 6.92 Å². The molecule has 1 rings (SSSR count). The minimum absolute atomic E-state index is 0.244. The number of pyridine rings is 1. The van der Waals surface area contributed by atoms with Gasteiger partial charge < -0.3 is 14.8 Å². The molecule has 4 heteroatoms. The highest BCUT2D eigenvalue weighted by molar-refractivity contribution is 5.32. The third-order valence-electron chi connectivity index (χ3n) is 2.44. The molecule has 1 heterocycles. The van der Waals surface area contributed by atoms with Crippen molar-refractivity contribution in [1.82, 2.24) is 10.3 Å². The zero-order valence-corrected chi connectivity index (χ0v) is 11.8. The molecule has 102 valence electrons. The van der Waals surface area contributed by atoms with Crippen molar-refractivity contribution < 1.29 is 9.47 Å². The predicted molar refractivity (Wildman–Crippen MR) is 72.9 cm³/mol. The monoisotopic (exact) mass is 252 g/mol. The Hall–Kier alpha value is -1.13. The maximum atomic E-state index is 5.76. The van der Waals surface area contributed by atoms with E-state index in [0.29, 0.717) is 13.2 Å². The van der Waals surface area contributed by atoms with Crippen molar-refractivity contribution in [3.8, 4) is 5.75 Å². The van der Waals surface area contributed by atoms with Crippen LogP contribution in [-0.2, 0) is 11.3 Å². The second kappa shape index (κ2) is 8.06. The lowest BCUT2D eigenvalue weighted by molar-refractivity contribution is 0.0550. The van der Waals surface area contributed by atoms with Crippen LogP contribution in [0.1, 0.15) is 32.0 Å². The molecule has 0 unspecified atom stereocenters. The van der Waals surface area contributed by atoms with E-state index in [9.17, 15) is 0 Å². The molecular formula is C14H24N2O2. The van der Waals surface area contributed by atoms with Gasteiger partial charge in [0.25, 0.3) is 0 Å². The summed E-state index contributed by atoms with van der Waals surface area (Å²) in [5.74, 6) is 0.899. The van der Waals surface area contributed by atoms with E-state index in [1.807, 2.05) is 33.0 Å². The van der Waals surface area contributed by atoms with E-state index in [2.05, 4.69) is 17.2 Å². The fourth-order valence-corrected chi connectivity index (χ4v) is 1.53. The Labute approximate surface area is 110 Å². The van der Waals surface area contributed by atoms with Crippen LogP contribution in [0.25, 0.3) is 0 Å². The molecule has 0 amide bonds. The first kappa shape index (κ1) is 14.9. The number of nitrogens with zero attached hydrogens (tertiary/aromatic N) is 1. The third kappa shape index (κ3) is 5.47. The first-order valence-electron chi connectivity index (χ1n) is 6.54. The van der Waals surface area contributed by atoms with Crippen LogP contribution in [-0.4, -0.2) is 30.8 Å². The topological polar surface area (TPSA) is 43.4 Å². The molecule has 0 aliphatic rings. The normalized spacial score (nSPS) is 10.9. The van der Waals surface area contributed by atoms with Crippen molar-refractivity contribution in [2.24, 2.45) is 0 Å². The molecular weight excluding hydrogens is 228 g/mol. The molecule has 0 bridgehead atoms. The maximum Gasteiger partial charge on any atom is 0.127 e. The summed E-state index contributed by atoms with van der Waals surface area (Å²) in [5, 5.41) is 3.28. The molecule has 0 aliphatic carbocycles. The molecule has 0 radical (unpaired) electrons. The van der Waals surface area contributed by atoms with Gasteiger partial charge in [-0.25, -0.2) is 0 Å². The molecule has 0 spiro atoms. The standard InChI is InChI=1S/C14H24N2O2/c1-5-15-9-13-10-16-12(4)8-14(13)18-7-6-17-11(2)3/h8,10-11,15H,5-7,9H2,1-4H3. The minimum atomic E-state index is 0.244. The molecule has 0 saturated heterocycles. The SMILES string of the molecule is CCNCc1cnc(C)cc1OCCOC(C)C. The van der Waals surface area contributed by atoms with Crippen molar-refractivity contribution in [1.29, 1.82) is 0 Å². The summed E-state index contributed by atoms with van der Waals surface area (Å²) in [7, 11) is 0. The number of rotatable bonds is 8. The van der Waals surface area contributed by atoms with Crippen LogP contribution in [0.3, 0.4) is 0 Å². The van der Waals surface area contributed by atoms with Crippen molar-refractivity contribution in [3.05, 3.63) is 23.5 Å². The zero-order valence-electron chi connectivity index (χ0n) is 11.8. The van der Waals surface area contributed by atoms with Gasteiger partial charge in [0, 0.05) is 30.1 Å². The van der Waals surface area contributed by atoms with Crippen molar-refractivity contribution in [2.45, 2.75) is 40.3 Å². The fraction of sp³-hybridized carbons (Fsp3) is 0.643. The van der Waals surface area contributed by atoms with Gasteiger partial charge in [0.15, 0.2) is 0 Å². The lowest BCUT2D eigenvalue weighted by Crippen LogP contribution is -2.15. The number of hydrogen-bond acceptors (Lipinski definition) is 4. The van der Waals surface area contributed by atoms with Gasteiger partial charge in [0.1, 0.15) is 12.4 Å². The molecule has 0 aromatic carbocycles. The first-order chi connectivity index (χ1) is 8.63. The average molecular weight is 252 g/mol. The van der Waals surface area contributed by atoms with Crippen molar-refractivity contribution >= 4 is 0 Å². The molecule has 0 atom stereocenters. The summed E-state index contributed by atoms with van der Waals surface area (Å²) in [5.41, 5.74) is 2.06. The van der Waals surface area contributed by atoms with Gasteiger partial charge in [0.05, 0.1) is 12.7 Å². The van der Waals surface area contributed by atoms with E-state index >= 15 is 0 Å². The van der Waals surface area contributed by atoms with Crippen LogP contribution in [0.15, 0.2) is 12.3 Å². The van der Waals surface area contributed by atoms with Crippen LogP contribution >= 0.6 is 0 Å². The van der Waals surface area contributed by atoms with E-state index in [1.54, 1.807) is 0 Å². The Kier molecular flexibility index (Phi) is 6.68. The molecule has 0 fully saturated rings. The Bertz CT molecular complexity index is 354. The Morgan fingerprint density at radius 3 is 2.78 bits per heavy atom. The smallest absolute Gasteiger partial charge is 0.127 e. The van der Waals surface area contributed by atoms with E-state index in [1.165, 1.54) is 0 Å². The lowest BCUT2D eigenvalue weighted by Gasteiger charge is -2.13. The zero-order chi connectivity index (χ0) is 13.4. The van der Waals surface area contributed by atoms with Crippen LogP contribution in [0, 0.1) is 6.92 Å². The third-order valence-corrected chi connectivity index (χ3v) is 2.44. The molecule has 1 N–H and O–H groups in total. The van der Waals surface area contributed by atoms with E-state index in [-0.39, 0.29) is 6.10 Å². The summed E-state index contributed by atoms with van der Waals surface area (Å²) in [6.45, 7) is 11.0. The van der Waals surface area contributed by atoms with E-state index in [0.717, 1.165) is 30.1 Å². The maximum absolute atomic E-state index is 5.76. The molecule has 4 nitrogen and oxygen atoms in total. The fourth-order valence-electron chi connectivity index (χ4n) is 1.53. The first-order valence-corrected chi connectivity index (χ1v) is 6.54. The van der Waals surface area contributed by atoms with Crippen LogP contribution in [0.5, 0.6) is 5.75 Å². The highest BCUT2D eigenvalue weighted by Gasteiger charge is 2.05. The summed E-state index contributed by atoms with van der Waals surface area (Å²) in [4.78, 5) is 4.30. The summed E-state index contributed by atoms with van der Waals surface area (Å²) >= 11 is 0. The number of nitrogens with one attached hydrogen (secondary N) is 1. The summed E-state index contributed by atoms with van der Waals surface area (Å²) in [6, 6.07) is 1.97.